The third-order valence-corrected chi connectivity index (χ3v) is 3.87. The predicted molar refractivity (Wildman–Crippen MR) is 79.7 cm³/mol. The first-order valence-corrected chi connectivity index (χ1v) is 7.04. The predicted octanol–water partition coefficient (Wildman–Crippen LogP) is 3.49. The third kappa shape index (κ3) is 2.11. The standard InChI is InChI=1S/C18H14O3/c19-14-11-18(21-16-8-4-2-6-13(14)16)17-10-9-12-5-1-3-7-15(12)20-17/h1-10,17-18H,11H2. The van der Waals surface area contributed by atoms with Gasteiger partial charge in [0.15, 0.2) is 11.9 Å². The van der Waals surface area contributed by atoms with Crippen LogP contribution in [0, 0.1) is 0 Å². The van der Waals surface area contributed by atoms with Gasteiger partial charge in [0, 0.05) is 5.56 Å². The molecule has 2 aliphatic rings. The number of Topliss-reactive ketones (excluding diaryl/α,β-unsaturated/α-hetero) is 1. The van der Waals surface area contributed by atoms with Gasteiger partial charge in [0.1, 0.15) is 17.6 Å². The zero-order valence-electron chi connectivity index (χ0n) is 11.4. The summed E-state index contributed by atoms with van der Waals surface area (Å²) in [5.41, 5.74) is 1.71. The molecule has 4 rings (SSSR count). The fourth-order valence-electron chi connectivity index (χ4n) is 2.79. The van der Waals surface area contributed by atoms with Crippen molar-refractivity contribution in [2.24, 2.45) is 0 Å². The van der Waals surface area contributed by atoms with Crippen LogP contribution in [0.1, 0.15) is 22.3 Å². The second kappa shape index (κ2) is 4.77. The topological polar surface area (TPSA) is 35.5 Å². The second-order valence-electron chi connectivity index (χ2n) is 5.26. The van der Waals surface area contributed by atoms with Gasteiger partial charge >= 0.3 is 0 Å². The van der Waals surface area contributed by atoms with Gasteiger partial charge in [0.25, 0.3) is 0 Å². The van der Waals surface area contributed by atoms with E-state index in [1.165, 1.54) is 0 Å². The molecule has 0 aromatic heterocycles. The van der Waals surface area contributed by atoms with Crippen LogP contribution in [0.25, 0.3) is 6.08 Å². The van der Waals surface area contributed by atoms with E-state index in [0.717, 1.165) is 11.3 Å². The van der Waals surface area contributed by atoms with Gasteiger partial charge in [-0.3, -0.25) is 4.79 Å². The van der Waals surface area contributed by atoms with E-state index in [0.29, 0.717) is 17.7 Å². The number of ketones is 1. The molecule has 2 unspecified atom stereocenters. The normalized spacial score (nSPS) is 22.8. The van der Waals surface area contributed by atoms with Crippen molar-refractivity contribution < 1.29 is 14.3 Å². The van der Waals surface area contributed by atoms with Gasteiger partial charge in [-0.25, -0.2) is 0 Å². The molecule has 2 atom stereocenters. The van der Waals surface area contributed by atoms with Crippen LogP contribution in [-0.2, 0) is 0 Å². The van der Waals surface area contributed by atoms with E-state index in [2.05, 4.69) is 0 Å². The quantitative estimate of drug-likeness (QED) is 0.801. The van der Waals surface area contributed by atoms with Crippen molar-refractivity contribution >= 4 is 11.9 Å². The Balaban J connectivity index is 1.61. The number of hydrogen-bond acceptors (Lipinski definition) is 3. The minimum atomic E-state index is -0.281. The summed E-state index contributed by atoms with van der Waals surface area (Å²) in [4.78, 5) is 12.2. The zero-order chi connectivity index (χ0) is 14.2. The highest BCUT2D eigenvalue weighted by Crippen LogP contribution is 2.33. The van der Waals surface area contributed by atoms with Crippen LogP contribution in [-0.4, -0.2) is 18.0 Å². The van der Waals surface area contributed by atoms with E-state index in [9.17, 15) is 4.79 Å². The monoisotopic (exact) mass is 278 g/mol. The molecule has 0 bridgehead atoms. The van der Waals surface area contributed by atoms with Gasteiger partial charge in [0.05, 0.1) is 12.0 Å². The highest BCUT2D eigenvalue weighted by Gasteiger charge is 2.33. The third-order valence-electron chi connectivity index (χ3n) is 3.87. The van der Waals surface area contributed by atoms with Crippen LogP contribution in [0.3, 0.4) is 0 Å². The molecule has 3 nitrogen and oxygen atoms in total. The van der Waals surface area contributed by atoms with Crippen molar-refractivity contribution in [1.82, 2.24) is 0 Å². The zero-order valence-corrected chi connectivity index (χ0v) is 11.4. The van der Waals surface area contributed by atoms with Gasteiger partial charge in [0.2, 0.25) is 0 Å². The highest BCUT2D eigenvalue weighted by molar-refractivity contribution is 6.00. The van der Waals surface area contributed by atoms with Gasteiger partial charge in [-0.15, -0.1) is 0 Å². The first-order valence-electron chi connectivity index (χ1n) is 7.04. The lowest BCUT2D eigenvalue weighted by molar-refractivity contribution is 0.0552. The Labute approximate surface area is 122 Å². The summed E-state index contributed by atoms with van der Waals surface area (Å²) in [6.45, 7) is 0. The molecule has 2 heterocycles. The van der Waals surface area contributed by atoms with Crippen LogP contribution < -0.4 is 9.47 Å². The minimum absolute atomic E-state index is 0.109. The first-order chi connectivity index (χ1) is 10.3. The van der Waals surface area contributed by atoms with Crippen LogP contribution in [0.5, 0.6) is 11.5 Å². The Morgan fingerprint density at radius 2 is 1.67 bits per heavy atom. The van der Waals surface area contributed by atoms with E-state index >= 15 is 0 Å². The number of rotatable bonds is 1. The Morgan fingerprint density at radius 3 is 2.57 bits per heavy atom. The number of ether oxygens (including phenoxy) is 2. The first kappa shape index (κ1) is 12.2. The summed E-state index contributed by atoms with van der Waals surface area (Å²) < 4.78 is 11.9. The summed E-state index contributed by atoms with van der Waals surface area (Å²) in [6, 6.07) is 15.2. The van der Waals surface area contributed by atoms with Crippen molar-refractivity contribution in [3.05, 3.63) is 65.7 Å². The molecule has 3 heteroatoms. The highest BCUT2D eigenvalue weighted by atomic mass is 16.5. The maximum absolute atomic E-state index is 12.2. The van der Waals surface area contributed by atoms with Crippen LogP contribution in [0.4, 0.5) is 0 Å². The average molecular weight is 278 g/mol. The molecule has 0 N–H and O–H groups in total. The van der Waals surface area contributed by atoms with Crippen LogP contribution >= 0.6 is 0 Å². The Bertz CT molecular complexity index is 733. The molecule has 0 saturated carbocycles. The molecular formula is C18H14O3. The minimum Gasteiger partial charge on any atom is -0.485 e. The number of benzene rings is 2. The van der Waals surface area contributed by atoms with Gasteiger partial charge < -0.3 is 9.47 Å². The van der Waals surface area contributed by atoms with Crippen molar-refractivity contribution in [1.29, 1.82) is 0 Å². The summed E-state index contributed by atoms with van der Waals surface area (Å²) in [5.74, 6) is 1.59. The molecule has 2 aromatic carbocycles. The van der Waals surface area contributed by atoms with E-state index in [1.54, 1.807) is 6.07 Å². The van der Waals surface area contributed by atoms with Gasteiger partial charge in [-0.2, -0.15) is 0 Å². The van der Waals surface area contributed by atoms with Crippen molar-refractivity contribution in [3.63, 3.8) is 0 Å². The van der Waals surface area contributed by atoms with E-state index in [-0.39, 0.29) is 18.0 Å². The van der Waals surface area contributed by atoms with Crippen LogP contribution in [0.15, 0.2) is 54.6 Å². The molecule has 0 saturated heterocycles. The molecule has 0 spiro atoms. The second-order valence-corrected chi connectivity index (χ2v) is 5.26. The number of fused-ring (bicyclic) bond motifs is 2. The van der Waals surface area contributed by atoms with Crippen molar-refractivity contribution in [3.8, 4) is 11.5 Å². The summed E-state index contributed by atoms with van der Waals surface area (Å²) in [5, 5.41) is 0. The van der Waals surface area contributed by atoms with E-state index < -0.39 is 0 Å². The average Bonchev–Trinajstić information content (AvgIpc) is 2.54. The maximum Gasteiger partial charge on any atom is 0.170 e. The van der Waals surface area contributed by atoms with Gasteiger partial charge in [-0.1, -0.05) is 36.4 Å². The van der Waals surface area contributed by atoms with E-state index in [1.807, 2.05) is 54.6 Å². The van der Waals surface area contributed by atoms with E-state index in [4.69, 9.17) is 9.47 Å². The smallest absolute Gasteiger partial charge is 0.170 e. The maximum atomic E-state index is 12.2. The van der Waals surface area contributed by atoms with Crippen molar-refractivity contribution in [2.45, 2.75) is 18.6 Å². The lowest BCUT2D eigenvalue weighted by Crippen LogP contribution is -2.40. The summed E-state index contributed by atoms with van der Waals surface area (Å²) >= 11 is 0. The Hall–Kier alpha value is -2.55. The molecule has 0 aliphatic carbocycles. The summed E-state index contributed by atoms with van der Waals surface area (Å²) in [6.07, 6.45) is 3.81. The van der Waals surface area contributed by atoms with Gasteiger partial charge in [-0.05, 0) is 24.3 Å². The molecule has 2 aliphatic heterocycles. The number of hydrogen-bond donors (Lipinski definition) is 0. The molecule has 21 heavy (non-hydrogen) atoms. The number of para-hydroxylation sites is 2. The summed E-state index contributed by atoms with van der Waals surface area (Å²) in [7, 11) is 0. The molecule has 0 amide bonds. The molecule has 104 valence electrons. The SMILES string of the molecule is O=C1CC(C2C=Cc3ccccc3O2)Oc2ccccc21. The fraction of sp³-hybridized carbons (Fsp3) is 0.167. The number of carbonyl (C=O) groups excluding carboxylic acids is 1. The molecule has 2 aromatic rings. The molecular weight excluding hydrogens is 264 g/mol. The molecule has 0 radical (unpaired) electrons. The fourth-order valence-corrected chi connectivity index (χ4v) is 2.79. The van der Waals surface area contributed by atoms with Crippen molar-refractivity contribution in [2.75, 3.05) is 0 Å². The Kier molecular flexibility index (Phi) is 2.78. The number of carbonyl (C=O) groups is 1. The lowest BCUT2D eigenvalue weighted by atomic mass is 9.96. The molecule has 0 fully saturated rings. The van der Waals surface area contributed by atoms with Crippen LogP contribution in [0.2, 0.25) is 0 Å². The largest absolute Gasteiger partial charge is 0.485 e. The lowest BCUT2D eigenvalue weighted by Gasteiger charge is -2.32. The Morgan fingerprint density at radius 1 is 0.905 bits per heavy atom.